The summed E-state index contributed by atoms with van der Waals surface area (Å²) >= 11 is 9.17. The molecule has 0 bridgehead atoms. The lowest BCUT2D eigenvalue weighted by atomic mass is 10.1. The van der Waals surface area contributed by atoms with Gasteiger partial charge in [0, 0.05) is 20.3 Å². The number of anilines is 1. The molecule has 0 radical (unpaired) electrons. The minimum Gasteiger partial charge on any atom is -0.273 e. The van der Waals surface area contributed by atoms with Crippen molar-refractivity contribution in [2.24, 2.45) is 0 Å². The van der Waals surface area contributed by atoms with Crippen molar-refractivity contribution in [3.8, 4) is 0 Å². The van der Waals surface area contributed by atoms with Crippen LogP contribution in [0.25, 0.3) is 0 Å². The Balaban J connectivity index is 2.00. The van der Waals surface area contributed by atoms with E-state index in [9.17, 15) is 13.8 Å². The topological polar surface area (TPSA) is 54.5 Å². The predicted octanol–water partition coefficient (Wildman–Crippen LogP) is 3.47. The van der Waals surface area contributed by atoms with Crippen LogP contribution >= 0.6 is 27.5 Å². The molecule has 0 aliphatic carbocycles. The highest BCUT2D eigenvalue weighted by molar-refractivity contribution is 9.10. The van der Waals surface area contributed by atoms with Crippen molar-refractivity contribution < 1.29 is 13.8 Å². The van der Waals surface area contributed by atoms with Crippen molar-refractivity contribution in [3.05, 3.63) is 63.6 Å². The zero-order chi connectivity index (χ0) is 16.6. The largest absolute Gasteiger partial charge is 0.273 e. The maximum atomic E-state index is 12.8. The molecule has 118 valence electrons. The van der Waals surface area contributed by atoms with E-state index in [0.717, 1.165) is 9.37 Å². The van der Waals surface area contributed by atoms with Crippen LogP contribution in [0.5, 0.6) is 0 Å². The molecule has 0 N–H and O–H groups in total. The highest BCUT2D eigenvalue weighted by atomic mass is 79.9. The van der Waals surface area contributed by atoms with Gasteiger partial charge in [0.2, 0.25) is 5.91 Å². The summed E-state index contributed by atoms with van der Waals surface area (Å²) in [6, 6.07) is 13.5. The molecule has 2 atom stereocenters. The molecule has 3 rings (SSSR count). The number of carbonyl (C=O) groups excluding carboxylic acids is 2. The van der Waals surface area contributed by atoms with Gasteiger partial charge in [-0.1, -0.05) is 39.7 Å². The standard InChI is InChI=1S/C16H11BrClNO3S/c17-11-3-7-13(8-4-11)19-14(20)9-23(22)15(16(19)21)10-1-5-12(18)6-2-10/h1-8,15H,9H2/t15-,23+/m1/s1. The van der Waals surface area contributed by atoms with Crippen LogP contribution in [0, 0.1) is 0 Å². The summed E-state index contributed by atoms with van der Waals surface area (Å²) in [5.74, 6) is -1.13. The van der Waals surface area contributed by atoms with Crippen LogP contribution in [-0.2, 0) is 20.4 Å². The highest BCUT2D eigenvalue weighted by Crippen LogP contribution is 2.31. The first-order valence-corrected chi connectivity index (χ1v) is 9.27. The molecule has 2 aromatic carbocycles. The fraction of sp³-hybridized carbons (Fsp3) is 0.125. The Hall–Kier alpha value is -1.50. The molecule has 0 saturated carbocycles. The number of hydrogen-bond acceptors (Lipinski definition) is 3. The quantitative estimate of drug-likeness (QED) is 0.710. The lowest BCUT2D eigenvalue weighted by Gasteiger charge is -2.30. The number of benzene rings is 2. The number of carbonyl (C=O) groups is 2. The number of nitrogens with zero attached hydrogens (tertiary/aromatic N) is 1. The van der Waals surface area contributed by atoms with E-state index in [1.807, 2.05) is 0 Å². The molecule has 1 fully saturated rings. The van der Waals surface area contributed by atoms with E-state index in [-0.39, 0.29) is 5.75 Å². The van der Waals surface area contributed by atoms with Crippen LogP contribution in [0.2, 0.25) is 5.02 Å². The second-order valence-corrected chi connectivity index (χ2v) is 7.87. The number of amides is 2. The van der Waals surface area contributed by atoms with E-state index < -0.39 is 27.9 Å². The summed E-state index contributed by atoms with van der Waals surface area (Å²) in [4.78, 5) is 26.1. The molecule has 0 aromatic heterocycles. The molecule has 2 aromatic rings. The third kappa shape index (κ3) is 3.24. The highest BCUT2D eigenvalue weighted by Gasteiger charge is 2.41. The monoisotopic (exact) mass is 411 g/mol. The molecule has 1 heterocycles. The predicted molar refractivity (Wildman–Crippen MR) is 93.8 cm³/mol. The molecule has 0 spiro atoms. The van der Waals surface area contributed by atoms with E-state index in [1.165, 1.54) is 0 Å². The Labute approximate surface area is 149 Å². The fourth-order valence-corrected chi connectivity index (χ4v) is 4.14. The molecule has 0 unspecified atom stereocenters. The van der Waals surface area contributed by atoms with Crippen molar-refractivity contribution in [1.82, 2.24) is 0 Å². The van der Waals surface area contributed by atoms with E-state index >= 15 is 0 Å². The summed E-state index contributed by atoms with van der Waals surface area (Å²) < 4.78 is 13.2. The second-order valence-electron chi connectivity index (χ2n) is 5.00. The van der Waals surface area contributed by atoms with Crippen molar-refractivity contribution in [2.75, 3.05) is 10.7 Å². The van der Waals surface area contributed by atoms with Crippen molar-refractivity contribution in [3.63, 3.8) is 0 Å². The second kappa shape index (κ2) is 6.55. The summed E-state index contributed by atoms with van der Waals surface area (Å²) in [6.45, 7) is 0. The van der Waals surface area contributed by atoms with Gasteiger partial charge < -0.3 is 0 Å². The summed E-state index contributed by atoms with van der Waals surface area (Å²) in [7, 11) is -1.59. The zero-order valence-electron chi connectivity index (χ0n) is 11.7. The van der Waals surface area contributed by atoms with Crippen LogP contribution in [0.3, 0.4) is 0 Å². The maximum absolute atomic E-state index is 12.8. The number of hydrogen-bond donors (Lipinski definition) is 0. The Morgan fingerprint density at radius 1 is 1.04 bits per heavy atom. The molecule has 1 saturated heterocycles. The van der Waals surface area contributed by atoms with Gasteiger partial charge >= 0.3 is 0 Å². The van der Waals surface area contributed by atoms with Crippen LogP contribution in [-0.4, -0.2) is 21.8 Å². The first-order valence-electron chi connectivity index (χ1n) is 6.72. The van der Waals surface area contributed by atoms with E-state index in [4.69, 9.17) is 11.6 Å². The van der Waals surface area contributed by atoms with Gasteiger partial charge in [-0.15, -0.1) is 0 Å². The molecule has 7 heteroatoms. The maximum Gasteiger partial charge on any atom is 0.254 e. The smallest absolute Gasteiger partial charge is 0.254 e. The first kappa shape index (κ1) is 16.4. The SMILES string of the molecule is O=C1C[S@](=O)[C@H](c2ccc(Cl)cc2)C(=O)N1c1ccc(Br)cc1. The average Bonchev–Trinajstić information content (AvgIpc) is 2.50. The molecular weight excluding hydrogens is 402 g/mol. The number of halogens is 2. The minimum absolute atomic E-state index is 0.185. The van der Waals surface area contributed by atoms with Crippen LogP contribution in [0.15, 0.2) is 53.0 Å². The third-order valence-electron chi connectivity index (χ3n) is 3.48. The normalized spacial score (nSPS) is 21.6. The van der Waals surface area contributed by atoms with Crippen LogP contribution < -0.4 is 4.90 Å². The molecule has 2 amide bonds. The Kier molecular flexibility index (Phi) is 4.66. The number of imide groups is 1. The summed E-state index contributed by atoms with van der Waals surface area (Å²) in [5, 5.41) is -0.336. The molecular formula is C16H11BrClNO3S. The van der Waals surface area contributed by atoms with Crippen molar-refractivity contribution >= 4 is 55.8 Å². The summed E-state index contributed by atoms with van der Waals surface area (Å²) in [6.07, 6.45) is 0. The lowest BCUT2D eigenvalue weighted by Crippen LogP contribution is -2.49. The zero-order valence-corrected chi connectivity index (χ0v) is 14.9. The van der Waals surface area contributed by atoms with Crippen LogP contribution in [0.1, 0.15) is 10.8 Å². The third-order valence-corrected chi connectivity index (χ3v) is 5.79. The van der Waals surface area contributed by atoms with Gasteiger partial charge in [-0.3, -0.25) is 13.8 Å². The Morgan fingerprint density at radius 3 is 2.26 bits per heavy atom. The van der Waals surface area contributed by atoms with Gasteiger partial charge in [-0.25, -0.2) is 4.90 Å². The summed E-state index contributed by atoms with van der Waals surface area (Å²) in [5.41, 5.74) is 1.06. The van der Waals surface area contributed by atoms with Gasteiger partial charge in [-0.05, 0) is 42.0 Å². The van der Waals surface area contributed by atoms with E-state index in [1.54, 1.807) is 48.5 Å². The fourth-order valence-electron chi connectivity index (χ4n) is 2.42. The van der Waals surface area contributed by atoms with Gasteiger partial charge in [0.25, 0.3) is 5.91 Å². The first-order chi connectivity index (χ1) is 11.0. The van der Waals surface area contributed by atoms with Crippen molar-refractivity contribution in [1.29, 1.82) is 0 Å². The van der Waals surface area contributed by atoms with Gasteiger partial charge in [0.1, 0.15) is 11.0 Å². The average molecular weight is 413 g/mol. The molecule has 1 aliphatic rings. The molecule has 23 heavy (non-hydrogen) atoms. The van der Waals surface area contributed by atoms with Gasteiger partial charge in [0.15, 0.2) is 0 Å². The minimum atomic E-state index is -1.59. The lowest BCUT2D eigenvalue weighted by molar-refractivity contribution is -0.125. The van der Waals surface area contributed by atoms with Gasteiger partial charge in [0.05, 0.1) is 5.69 Å². The molecule has 4 nitrogen and oxygen atoms in total. The Morgan fingerprint density at radius 2 is 1.65 bits per heavy atom. The van der Waals surface area contributed by atoms with E-state index in [0.29, 0.717) is 16.3 Å². The molecule has 1 aliphatic heterocycles. The van der Waals surface area contributed by atoms with E-state index in [2.05, 4.69) is 15.9 Å². The number of rotatable bonds is 2. The van der Waals surface area contributed by atoms with Crippen molar-refractivity contribution in [2.45, 2.75) is 5.25 Å². The van der Waals surface area contributed by atoms with Crippen LogP contribution in [0.4, 0.5) is 5.69 Å². The van der Waals surface area contributed by atoms with Gasteiger partial charge in [-0.2, -0.15) is 0 Å². The Bertz CT molecular complexity index is 726.